The fraction of sp³-hybridized carbons (Fsp3) is 0.100. The summed E-state index contributed by atoms with van der Waals surface area (Å²) in [6.45, 7) is 0. The molecular formula is C40H34O2. The smallest absolute Gasteiger partial charge is 0.118 e. The summed E-state index contributed by atoms with van der Waals surface area (Å²) in [6, 6.07) is 58.4. The van der Waals surface area contributed by atoms with Crippen LogP contribution in [0.2, 0.25) is 0 Å². The molecule has 6 rings (SSSR count). The van der Waals surface area contributed by atoms with E-state index in [-0.39, 0.29) is 5.92 Å². The maximum Gasteiger partial charge on any atom is 0.118 e. The highest BCUT2D eigenvalue weighted by Crippen LogP contribution is 2.46. The van der Waals surface area contributed by atoms with E-state index in [1.165, 1.54) is 38.9 Å². The molecule has 0 fully saturated rings. The van der Waals surface area contributed by atoms with Crippen molar-refractivity contribution in [3.63, 3.8) is 0 Å². The van der Waals surface area contributed by atoms with Gasteiger partial charge in [0.05, 0.1) is 19.6 Å². The lowest BCUT2D eigenvalue weighted by Gasteiger charge is -2.37. The summed E-state index contributed by atoms with van der Waals surface area (Å²) in [6.07, 6.45) is 0. The Balaban J connectivity index is 1.55. The first kappa shape index (κ1) is 27.1. The van der Waals surface area contributed by atoms with E-state index in [9.17, 15) is 0 Å². The van der Waals surface area contributed by atoms with Gasteiger partial charge in [0.2, 0.25) is 0 Å². The highest BCUT2D eigenvalue weighted by molar-refractivity contribution is 5.61. The van der Waals surface area contributed by atoms with Crippen molar-refractivity contribution < 1.29 is 9.47 Å². The molecular weight excluding hydrogens is 512 g/mol. The van der Waals surface area contributed by atoms with Crippen molar-refractivity contribution in [2.24, 2.45) is 0 Å². The van der Waals surface area contributed by atoms with E-state index in [0.717, 1.165) is 11.5 Å². The molecule has 0 N–H and O–H groups in total. The van der Waals surface area contributed by atoms with E-state index in [0.29, 0.717) is 0 Å². The van der Waals surface area contributed by atoms with Crippen LogP contribution in [0.5, 0.6) is 11.5 Å². The molecule has 0 aromatic heterocycles. The van der Waals surface area contributed by atoms with Crippen LogP contribution in [0, 0.1) is 0 Å². The van der Waals surface area contributed by atoms with Crippen molar-refractivity contribution in [3.05, 3.63) is 203 Å². The molecule has 0 radical (unpaired) electrons. The summed E-state index contributed by atoms with van der Waals surface area (Å²) in [5, 5.41) is 0. The number of benzene rings is 6. The van der Waals surface area contributed by atoms with E-state index in [4.69, 9.17) is 9.47 Å². The van der Waals surface area contributed by atoms with Crippen LogP contribution in [0.1, 0.15) is 44.9 Å². The molecule has 1 unspecified atom stereocenters. The quantitative estimate of drug-likeness (QED) is 0.168. The summed E-state index contributed by atoms with van der Waals surface area (Å²) in [5.41, 5.74) is 8.01. The van der Waals surface area contributed by atoms with Crippen molar-refractivity contribution in [3.8, 4) is 11.5 Å². The molecule has 206 valence electrons. The van der Waals surface area contributed by atoms with Gasteiger partial charge in [-0.3, -0.25) is 0 Å². The van der Waals surface area contributed by atoms with Crippen LogP contribution in [0.4, 0.5) is 0 Å². The van der Waals surface area contributed by atoms with Gasteiger partial charge < -0.3 is 9.47 Å². The van der Waals surface area contributed by atoms with Crippen molar-refractivity contribution in [2.75, 3.05) is 14.2 Å². The van der Waals surface area contributed by atoms with Gasteiger partial charge in [0.1, 0.15) is 11.5 Å². The van der Waals surface area contributed by atoms with Crippen molar-refractivity contribution in [1.82, 2.24) is 0 Å². The molecule has 0 amide bonds. The van der Waals surface area contributed by atoms with Crippen molar-refractivity contribution >= 4 is 0 Å². The Morgan fingerprint density at radius 2 is 0.667 bits per heavy atom. The first-order chi connectivity index (χ1) is 20.7. The summed E-state index contributed by atoms with van der Waals surface area (Å²) in [5.74, 6) is 1.79. The molecule has 6 aromatic carbocycles. The Labute approximate surface area is 248 Å². The Kier molecular flexibility index (Phi) is 7.87. The first-order valence-corrected chi connectivity index (χ1v) is 14.3. The minimum atomic E-state index is -0.518. The second-order valence-corrected chi connectivity index (χ2v) is 10.4. The number of methoxy groups -OCH3 is 2. The van der Waals surface area contributed by atoms with Crippen LogP contribution >= 0.6 is 0 Å². The predicted molar refractivity (Wildman–Crippen MR) is 172 cm³/mol. The van der Waals surface area contributed by atoms with Gasteiger partial charge in [-0.05, 0) is 63.2 Å². The molecule has 2 heteroatoms. The molecule has 0 bridgehead atoms. The maximum absolute atomic E-state index is 5.53. The maximum atomic E-state index is 5.53. The van der Waals surface area contributed by atoms with Crippen LogP contribution in [0.25, 0.3) is 0 Å². The van der Waals surface area contributed by atoms with Crippen molar-refractivity contribution in [2.45, 2.75) is 11.3 Å². The molecule has 0 saturated heterocycles. The van der Waals surface area contributed by atoms with E-state index in [1.807, 2.05) is 12.1 Å². The van der Waals surface area contributed by atoms with Gasteiger partial charge in [-0.2, -0.15) is 0 Å². The van der Waals surface area contributed by atoms with Gasteiger partial charge >= 0.3 is 0 Å². The summed E-state index contributed by atoms with van der Waals surface area (Å²) >= 11 is 0. The van der Waals surface area contributed by atoms with Gasteiger partial charge in [-0.15, -0.1) is 0 Å². The van der Waals surface area contributed by atoms with Crippen LogP contribution in [0.3, 0.4) is 0 Å². The normalized spacial score (nSPS) is 12.0. The highest BCUT2D eigenvalue weighted by Gasteiger charge is 2.38. The molecule has 1 atom stereocenters. The third-order valence-electron chi connectivity index (χ3n) is 8.20. The molecule has 6 aromatic rings. The molecule has 0 spiro atoms. The summed E-state index contributed by atoms with van der Waals surface area (Å²) in [7, 11) is 3.41. The molecule has 0 heterocycles. The van der Waals surface area contributed by atoms with E-state index >= 15 is 0 Å². The van der Waals surface area contributed by atoms with E-state index in [1.54, 1.807) is 14.2 Å². The SMILES string of the molecule is COc1ccc(C(c2ccccc2)c2ccc(C(c3ccccc3)(c3ccccc3)c3ccc(OC)cc3)cc2)cc1. The number of hydrogen-bond acceptors (Lipinski definition) is 2. The lowest BCUT2D eigenvalue weighted by atomic mass is 9.65. The van der Waals surface area contributed by atoms with Gasteiger partial charge in [0.15, 0.2) is 0 Å². The fourth-order valence-electron chi connectivity index (χ4n) is 6.16. The van der Waals surface area contributed by atoms with Crippen LogP contribution in [-0.2, 0) is 5.41 Å². The fourth-order valence-corrected chi connectivity index (χ4v) is 6.16. The van der Waals surface area contributed by atoms with Crippen molar-refractivity contribution in [1.29, 1.82) is 0 Å². The molecule has 42 heavy (non-hydrogen) atoms. The average Bonchev–Trinajstić information content (AvgIpc) is 3.08. The number of hydrogen-bond donors (Lipinski definition) is 0. The standard InChI is InChI=1S/C40H34O2/c1-41-37-26-20-32(21-27-37)39(30-12-6-3-7-13-30)31-18-22-35(23-19-31)40(33-14-8-4-9-15-33,34-16-10-5-11-17-34)36-24-28-38(42-2)29-25-36/h3-29,39H,1-2H3. The zero-order valence-corrected chi connectivity index (χ0v) is 24.0. The predicted octanol–water partition coefficient (Wildman–Crippen LogP) is 9.27. The zero-order chi connectivity index (χ0) is 28.8. The van der Waals surface area contributed by atoms with E-state index in [2.05, 4.69) is 152 Å². The van der Waals surface area contributed by atoms with Gasteiger partial charge in [0, 0.05) is 5.92 Å². The lowest BCUT2D eigenvalue weighted by Crippen LogP contribution is -2.31. The minimum Gasteiger partial charge on any atom is -0.497 e. The Morgan fingerprint density at radius 3 is 1.10 bits per heavy atom. The van der Waals surface area contributed by atoms with Crippen LogP contribution in [-0.4, -0.2) is 14.2 Å². The van der Waals surface area contributed by atoms with Crippen LogP contribution < -0.4 is 9.47 Å². The van der Waals surface area contributed by atoms with Gasteiger partial charge in [0.25, 0.3) is 0 Å². The Morgan fingerprint density at radius 1 is 0.357 bits per heavy atom. The lowest BCUT2D eigenvalue weighted by molar-refractivity contribution is 0.414. The monoisotopic (exact) mass is 546 g/mol. The highest BCUT2D eigenvalue weighted by atomic mass is 16.5. The topological polar surface area (TPSA) is 18.5 Å². The average molecular weight is 547 g/mol. The van der Waals surface area contributed by atoms with E-state index < -0.39 is 5.41 Å². The molecule has 0 aliphatic heterocycles. The molecule has 2 nitrogen and oxygen atoms in total. The molecule has 0 aliphatic rings. The first-order valence-electron chi connectivity index (χ1n) is 14.3. The molecule has 0 aliphatic carbocycles. The zero-order valence-electron chi connectivity index (χ0n) is 24.0. The number of rotatable bonds is 9. The second kappa shape index (κ2) is 12.2. The summed E-state index contributed by atoms with van der Waals surface area (Å²) < 4.78 is 11.0. The minimum absolute atomic E-state index is 0.0926. The third-order valence-corrected chi connectivity index (χ3v) is 8.20. The Bertz CT molecular complexity index is 1650. The largest absolute Gasteiger partial charge is 0.497 e. The third kappa shape index (κ3) is 5.08. The number of ether oxygens (including phenoxy) is 2. The van der Waals surface area contributed by atoms with Gasteiger partial charge in [-0.1, -0.05) is 140 Å². The van der Waals surface area contributed by atoms with Crippen LogP contribution in [0.15, 0.2) is 164 Å². The Hall–Kier alpha value is -5.08. The molecule has 0 saturated carbocycles. The summed E-state index contributed by atoms with van der Waals surface area (Å²) in [4.78, 5) is 0. The second-order valence-electron chi connectivity index (χ2n) is 10.4. The van der Waals surface area contributed by atoms with Gasteiger partial charge in [-0.25, -0.2) is 0 Å².